The van der Waals surface area contributed by atoms with E-state index in [0.29, 0.717) is 22.7 Å². The Morgan fingerprint density at radius 3 is 2.58 bits per heavy atom. The highest BCUT2D eigenvalue weighted by atomic mass is 35.5. The maximum Gasteiger partial charge on any atom is 0.326 e. The van der Waals surface area contributed by atoms with Gasteiger partial charge in [0.1, 0.15) is 6.04 Å². The van der Waals surface area contributed by atoms with Crippen molar-refractivity contribution in [1.29, 1.82) is 0 Å². The number of aromatic nitrogens is 2. The number of para-hydroxylation sites is 1. The minimum Gasteiger partial charge on any atom is -0.480 e. The Kier molecular flexibility index (Phi) is 5.62. The van der Waals surface area contributed by atoms with Gasteiger partial charge in [-0.3, -0.25) is 4.79 Å². The van der Waals surface area contributed by atoms with Crippen molar-refractivity contribution in [1.82, 2.24) is 15.1 Å². The number of halogens is 1. The molecular weight excluding hydrogens is 330 g/mol. The van der Waals surface area contributed by atoms with Gasteiger partial charge in [0.15, 0.2) is 5.69 Å². The molecule has 1 atom stereocenters. The summed E-state index contributed by atoms with van der Waals surface area (Å²) < 4.78 is 1.52. The Hall–Kier alpha value is -2.34. The quantitative estimate of drug-likeness (QED) is 0.839. The van der Waals surface area contributed by atoms with Crippen LogP contribution >= 0.6 is 11.6 Å². The number of benzene rings is 1. The number of carbonyl (C=O) groups is 2. The lowest BCUT2D eigenvalue weighted by Gasteiger charge is -2.15. The molecule has 2 aromatic rings. The normalized spacial score (nSPS) is 12.2. The van der Waals surface area contributed by atoms with Gasteiger partial charge in [0.25, 0.3) is 5.91 Å². The molecule has 1 amide bonds. The first-order valence-corrected chi connectivity index (χ1v) is 8.02. The molecule has 7 heteroatoms. The third-order valence-corrected chi connectivity index (χ3v) is 3.84. The molecule has 6 nitrogen and oxygen atoms in total. The van der Waals surface area contributed by atoms with Crippen LogP contribution in [0.15, 0.2) is 30.5 Å². The first-order valence-electron chi connectivity index (χ1n) is 7.64. The van der Waals surface area contributed by atoms with Crippen LogP contribution in [0.1, 0.15) is 36.3 Å². The molecule has 0 aliphatic carbocycles. The summed E-state index contributed by atoms with van der Waals surface area (Å²) >= 11 is 6.14. The molecule has 0 fully saturated rings. The van der Waals surface area contributed by atoms with Crippen molar-refractivity contribution < 1.29 is 14.7 Å². The Morgan fingerprint density at radius 1 is 1.33 bits per heavy atom. The van der Waals surface area contributed by atoms with Crippen LogP contribution in [-0.2, 0) is 4.79 Å². The summed E-state index contributed by atoms with van der Waals surface area (Å²) in [6, 6.07) is 6.20. The fraction of sp³-hybridized carbons (Fsp3) is 0.353. The van der Waals surface area contributed by atoms with Crippen LogP contribution in [-0.4, -0.2) is 32.8 Å². The van der Waals surface area contributed by atoms with Crippen LogP contribution in [0, 0.1) is 12.8 Å². The van der Waals surface area contributed by atoms with E-state index >= 15 is 0 Å². The predicted molar refractivity (Wildman–Crippen MR) is 91.7 cm³/mol. The summed E-state index contributed by atoms with van der Waals surface area (Å²) in [7, 11) is 0. The summed E-state index contributed by atoms with van der Waals surface area (Å²) in [5, 5.41) is 16.6. The fourth-order valence-electron chi connectivity index (χ4n) is 2.36. The number of nitrogens with one attached hydrogen (secondary N) is 1. The van der Waals surface area contributed by atoms with Crippen LogP contribution in [0.5, 0.6) is 0 Å². The molecule has 1 heterocycles. The first-order chi connectivity index (χ1) is 11.3. The molecular formula is C17H20ClN3O3. The van der Waals surface area contributed by atoms with E-state index in [2.05, 4.69) is 10.4 Å². The second kappa shape index (κ2) is 7.49. The lowest BCUT2D eigenvalue weighted by Crippen LogP contribution is -2.42. The molecule has 0 aliphatic heterocycles. The molecule has 1 aromatic carbocycles. The van der Waals surface area contributed by atoms with Gasteiger partial charge in [-0.2, -0.15) is 5.10 Å². The number of carbonyl (C=O) groups excluding carboxylic acids is 1. The molecule has 0 bridgehead atoms. The highest BCUT2D eigenvalue weighted by Gasteiger charge is 2.24. The predicted octanol–water partition coefficient (Wildman–Crippen LogP) is 3.06. The topological polar surface area (TPSA) is 84.2 Å². The van der Waals surface area contributed by atoms with Crippen molar-refractivity contribution in [3.05, 3.63) is 46.7 Å². The monoisotopic (exact) mass is 349 g/mol. The molecule has 0 radical (unpaired) electrons. The van der Waals surface area contributed by atoms with Crippen LogP contribution < -0.4 is 5.32 Å². The van der Waals surface area contributed by atoms with E-state index in [1.165, 1.54) is 4.68 Å². The highest BCUT2D eigenvalue weighted by molar-refractivity contribution is 6.32. The van der Waals surface area contributed by atoms with E-state index < -0.39 is 17.9 Å². The maximum absolute atomic E-state index is 12.4. The highest BCUT2D eigenvalue weighted by Crippen LogP contribution is 2.20. The largest absolute Gasteiger partial charge is 0.480 e. The second-order valence-corrected chi connectivity index (χ2v) is 6.46. The molecule has 128 valence electrons. The molecule has 0 unspecified atom stereocenters. The minimum atomic E-state index is -1.06. The summed E-state index contributed by atoms with van der Waals surface area (Å²) in [6.45, 7) is 5.55. The number of hydrogen-bond acceptors (Lipinski definition) is 3. The molecule has 24 heavy (non-hydrogen) atoms. The average molecular weight is 350 g/mol. The van der Waals surface area contributed by atoms with Gasteiger partial charge >= 0.3 is 5.97 Å². The SMILES string of the molecule is Cc1cn(-c2ccccc2Cl)nc1C(=O)N[C@H](CC(C)C)C(=O)O. The Morgan fingerprint density at radius 2 is 2.00 bits per heavy atom. The Bertz CT molecular complexity index is 755. The summed E-state index contributed by atoms with van der Waals surface area (Å²) in [5.74, 6) is -1.42. The lowest BCUT2D eigenvalue weighted by atomic mass is 10.0. The van der Waals surface area contributed by atoms with Crippen molar-refractivity contribution >= 4 is 23.5 Å². The first kappa shape index (κ1) is 18.0. The Labute approximate surface area is 145 Å². The van der Waals surface area contributed by atoms with Crippen molar-refractivity contribution in [3.63, 3.8) is 0 Å². The molecule has 0 spiro atoms. The molecule has 2 rings (SSSR count). The van der Waals surface area contributed by atoms with E-state index in [1.54, 1.807) is 31.3 Å². The van der Waals surface area contributed by atoms with Crippen molar-refractivity contribution in [3.8, 4) is 5.69 Å². The molecule has 0 aliphatic rings. The molecule has 2 N–H and O–H groups in total. The number of carboxylic acid groups (broad SMARTS) is 1. The van der Waals surface area contributed by atoms with Gasteiger partial charge in [-0.05, 0) is 31.4 Å². The average Bonchev–Trinajstić information content (AvgIpc) is 2.88. The summed E-state index contributed by atoms with van der Waals surface area (Å²) in [5.41, 5.74) is 1.48. The van der Waals surface area contributed by atoms with Gasteiger partial charge in [0, 0.05) is 11.8 Å². The third kappa shape index (κ3) is 4.14. The van der Waals surface area contributed by atoms with E-state index in [0.717, 1.165) is 0 Å². The van der Waals surface area contributed by atoms with Gasteiger partial charge in [-0.15, -0.1) is 0 Å². The molecule has 0 saturated heterocycles. The van der Waals surface area contributed by atoms with Gasteiger partial charge in [-0.25, -0.2) is 9.48 Å². The van der Waals surface area contributed by atoms with Gasteiger partial charge in [0.05, 0.1) is 10.7 Å². The van der Waals surface area contributed by atoms with Gasteiger partial charge < -0.3 is 10.4 Å². The zero-order valence-corrected chi connectivity index (χ0v) is 14.5. The molecule has 1 aromatic heterocycles. The number of amides is 1. The van der Waals surface area contributed by atoms with Crippen molar-refractivity contribution in [2.24, 2.45) is 5.92 Å². The summed E-state index contributed by atoms with van der Waals surface area (Å²) in [6.07, 6.45) is 2.04. The van der Waals surface area contributed by atoms with E-state index in [9.17, 15) is 14.7 Å². The summed E-state index contributed by atoms with van der Waals surface area (Å²) in [4.78, 5) is 23.7. The zero-order chi connectivity index (χ0) is 17.9. The van der Waals surface area contributed by atoms with E-state index in [4.69, 9.17) is 11.6 Å². The Balaban J connectivity index is 2.25. The smallest absolute Gasteiger partial charge is 0.326 e. The van der Waals surface area contributed by atoms with E-state index in [-0.39, 0.29) is 11.6 Å². The van der Waals surface area contributed by atoms with Crippen LogP contribution in [0.2, 0.25) is 5.02 Å². The fourth-order valence-corrected chi connectivity index (χ4v) is 2.59. The maximum atomic E-state index is 12.4. The number of aryl methyl sites for hydroxylation is 1. The van der Waals surface area contributed by atoms with Crippen molar-refractivity contribution in [2.75, 3.05) is 0 Å². The second-order valence-electron chi connectivity index (χ2n) is 6.05. The lowest BCUT2D eigenvalue weighted by molar-refractivity contribution is -0.139. The van der Waals surface area contributed by atoms with Crippen LogP contribution in [0.4, 0.5) is 0 Å². The standard InChI is InChI=1S/C17H20ClN3O3/c1-10(2)8-13(17(23)24)19-16(22)15-11(3)9-21(20-15)14-7-5-4-6-12(14)18/h4-7,9-10,13H,8H2,1-3H3,(H,19,22)(H,23,24)/t13-/m1/s1. The van der Waals surface area contributed by atoms with Crippen molar-refractivity contribution in [2.45, 2.75) is 33.2 Å². The minimum absolute atomic E-state index is 0.146. The van der Waals surface area contributed by atoms with Crippen LogP contribution in [0.3, 0.4) is 0 Å². The molecule has 0 saturated carbocycles. The van der Waals surface area contributed by atoms with Crippen LogP contribution in [0.25, 0.3) is 5.69 Å². The number of carboxylic acids is 1. The number of hydrogen-bond donors (Lipinski definition) is 2. The number of rotatable bonds is 6. The third-order valence-electron chi connectivity index (χ3n) is 3.52. The van der Waals surface area contributed by atoms with Gasteiger partial charge in [-0.1, -0.05) is 37.6 Å². The number of aliphatic carboxylic acids is 1. The van der Waals surface area contributed by atoms with E-state index in [1.807, 2.05) is 19.9 Å². The zero-order valence-electron chi connectivity index (χ0n) is 13.8. The number of nitrogens with zero attached hydrogens (tertiary/aromatic N) is 2. The van der Waals surface area contributed by atoms with Gasteiger partial charge in [0.2, 0.25) is 0 Å².